The highest BCUT2D eigenvalue weighted by Gasteiger charge is 2.20. The Morgan fingerprint density at radius 2 is 1.36 bits per heavy atom. The monoisotopic (exact) mass is 382 g/mol. The number of ether oxygens (including phenoxy) is 2. The van der Waals surface area contributed by atoms with E-state index in [0.29, 0.717) is 22.4 Å². The zero-order valence-electron chi connectivity index (χ0n) is 15.9. The number of methoxy groups -OCH3 is 2. The van der Waals surface area contributed by atoms with E-state index in [0.717, 1.165) is 31.6 Å². The van der Waals surface area contributed by atoms with E-state index in [9.17, 15) is 14.4 Å². The molecule has 0 aromatic heterocycles. The van der Waals surface area contributed by atoms with E-state index in [1.165, 1.54) is 26.4 Å². The Morgan fingerprint density at radius 1 is 0.821 bits per heavy atom. The maximum atomic E-state index is 12.7. The van der Waals surface area contributed by atoms with E-state index in [2.05, 4.69) is 15.0 Å². The Labute approximate surface area is 163 Å². The average molecular weight is 382 g/mol. The summed E-state index contributed by atoms with van der Waals surface area (Å²) in [4.78, 5) is 38.3. The van der Waals surface area contributed by atoms with Crippen molar-refractivity contribution in [3.05, 3.63) is 59.2 Å². The molecule has 0 radical (unpaired) electrons. The Morgan fingerprint density at radius 3 is 1.96 bits per heavy atom. The van der Waals surface area contributed by atoms with E-state index < -0.39 is 11.9 Å². The van der Waals surface area contributed by atoms with Crippen molar-refractivity contribution < 1.29 is 23.9 Å². The lowest BCUT2D eigenvalue weighted by Crippen LogP contribution is -2.21. The summed E-state index contributed by atoms with van der Waals surface area (Å²) in [5.41, 5.74) is 2.53. The van der Waals surface area contributed by atoms with Gasteiger partial charge in [0.05, 0.1) is 36.7 Å². The summed E-state index contributed by atoms with van der Waals surface area (Å²) in [5, 5.41) is 2.88. The molecular weight excluding hydrogens is 360 g/mol. The van der Waals surface area contributed by atoms with Crippen molar-refractivity contribution in [1.29, 1.82) is 0 Å². The quantitative estimate of drug-likeness (QED) is 0.800. The van der Waals surface area contributed by atoms with Gasteiger partial charge in [-0.15, -0.1) is 0 Å². The van der Waals surface area contributed by atoms with E-state index >= 15 is 0 Å². The van der Waals surface area contributed by atoms with Crippen LogP contribution in [0.2, 0.25) is 0 Å². The number of anilines is 2. The molecule has 0 saturated carbocycles. The lowest BCUT2D eigenvalue weighted by Gasteiger charge is -2.22. The van der Waals surface area contributed by atoms with Crippen molar-refractivity contribution in [2.24, 2.45) is 0 Å². The molecular formula is C21H22N2O5. The van der Waals surface area contributed by atoms with E-state index in [4.69, 9.17) is 4.74 Å². The van der Waals surface area contributed by atoms with Crippen molar-refractivity contribution in [3.8, 4) is 0 Å². The standard InChI is InChI=1S/C21H22N2O5/c1-27-20(25)15-7-5-14(6-8-15)19(24)22-17-13-16(21(26)28-2)9-10-18(17)23-11-3-4-12-23/h5-10,13H,3-4,11-12H2,1-2H3,(H,22,24). The molecule has 1 fully saturated rings. The molecule has 0 bridgehead atoms. The Kier molecular flexibility index (Phi) is 5.93. The largest absolute Gasteiger partial charge is 0.465 e. The third-order valence-electron chi connectivity index (χ3n) is 4.68. The lowest BCUT2D eigenvalue weighted by atomic mass is 10.1. The smallest absolute Gasteiger partial charge is 0.337 e. The maximum absolute atomic E-state index is 12.7. The molecule has 2 aromatic carbocycles. The molecule has 3 rings (SSSR count). The van der Waals surface area contributed by atoms with Crippen LogP contribution in [0, 0.1) is 0 Å². The maximum Gasteiger partial charge on any atom is 0.337 e. The highest BCUT2D eigenvalue weighted by Crippen LogP contribution is 2.30. The zero-order valence-corrected chi connectivity index (χ0v) is 15.9. The molecule has 0 unspecified atom stereocenters. The molecule has 146 valence electrons. The normalized spacial score (nSPS) is 13.1. The number of hydrogen-bond acceptors (Lipinski definition) is 6. The molecule has 0 spiro atoms. The second kappa shape index (κ2) is 8.56. The van der Waals surface area contributed by atoms with Crippen LogP contribution >= 0.6 is 0 Å². The van der Waals surface area contributed by atoms with Gasteiger partial charge in [0.1, 0.15) is 0 Å². The van der Waals surface area contributed by atoms with Gasteiger partial charge < -0.3 is 19.7 Å². The second-order valence-electron chi connectivity index (χ2n) is 6.44. The van der Waals surface area contributed by atoms with Crippen LogP contribution in [0.25, 0.3) is 0 Å². The van der Waals surface area contributed by atoms with Gasteiger partial charge in [-0.25, -0.2) is 9.59 Å². The van der Waals surface area contributed by atoms with Gasteiger partial charge in [-0.2, -0.15) is 0 Å². The average Bonchev–Trinajstić information content (AvgIpc) is 3.27. The van der Waals surface area contributed by atoms with Gasteiger partial charge in [-0.3, -0.25) is 4.79 Å². The molecule has 1 N–H and O–H groups in total. The van der Waals surface area contributed by atoms with E-state index in [-0.39, 0.29) is 5.91 Å². The van der Waals surface area contributed by atoms with Crippen LogP contribution in [-0.2, 0) is 9.47 Å². The van der Waals surface area contributed by atoms with Crippen molar-refractivity contribution in [1.82, 2.24) is 0 Å². The molecule has 0 atom stereocenters. The number of carbonyl (C=O) groups excluding carboxylic acids is 3. The molecule has 28 heavy (non-hydrogen) atoms. The van der Waals surface area contributed by atoms with Gasteiger partial charge in [0.25, 0.3) is 5.91 Å². The molecule has 1 heterocycles. The summed E-state index contributed by atoms with van der Waals surface area (Å²) in [5.74, 6) is -1.26. The van der Waals surface area contributed by atoms with Crippen molar-refractivity contribution >= 4 is 29.2 Å². The third kappa shape index (κ3) is 4.14. The third-order valence-corrected chi connectivity index (χ3v) is 4.68. The predicted molar refractivity (Wildman–Crippen MR) is 105 cm³/mol. The minimum absolute atomic E-state index is 0.334. The summed E-state index contributed by atoms with van der Waals surface area (Å²) in [6.45, 7) is 1.79. The number of benzene rings is 2. The topological polar surface area (TPSA) is 84.9 Å². The van der Waals surface area contributed by atoms with E-state index in [1.807, 2.05) is 6.07 Å². The van der Waals surface area contributed by atoms with Crippen molar-refractivity contribution in [2.75, 3.05) is 37.5 Å². The van der Waals surface area contributed by atoms with Gasteiger partial charge in [-0.1, -0.05) is 0 Å². The summed E-state index contributed by atoms with van der Waals surface area (Å²) >= 11 is 0. The van der Waals surface area contributed by atoms with Crippen LogP contribution < -0.4 is 10.2 Å². The van der Waals surface area contributed by atoms with Gasteiger partial charge in [0, 0.05) is 18.7 Å². The number of nitrogens with zero attached hydrogens (tertiary/aromatic N) is 1. The number of nitrogens with one attached hydrogen (secondary N) is 1. The lowest BCUT2D eigenvalue weighted by molar-refractivity contribution is 0.0592. The van der Waals surface area contributed by atoms with Gasteiger partial charge >= 0.3 is 11.9 Å². The molecule has 1 aliphatic heterocycles. The van der Waals surface area contributed by atoms with Gasteiger partial charge in [-0.05, 0) is 55.3 Å². The van der Waals surface area contributed by atoms with Crippen LogP contribution in [0.5, 0.6) is 0 Å². The fourth-order valence-corrected chi connectivity index (χ4v) is 3.18. The molecule has 2 aromatic rings. The number of amides is 1. The highest BCUT2D eigenvalue weighted by atomic mass is 16.5. The first-order valence-corrected chi connectivity index (χ1v) is 9.00. The highest BCUT2D eigenvalue weighted by molar-refractivity contribution is 6.07. The van der Waals surface area contributed by atoms with Crippen LogP contribution in [0.3, 0.4) is 0 Å². The van der Waals surface area contributed by atoms with E-state index in [1.54, 1.807) is 24.3 Å². The number of rotatable bonds is 5. The summed E-state index contributed by atoms with van der Waals surface area (Å²) < 4.78 is 9.45. The van der Waals surface area contributed by atoms with Gasteiger partial charge in [0.2, 0.25) is 0 Å². The minimum atomic E-state index is -0.467. The number of esters is 2. The minimum Gasteiger partial charge on any atom is -0.465 e. The van der Waals surface area contributed by atoms with Gasteiger partial charge in [0.15, 0.2) is 0 Å². The second-order valence-corrected chi connectivity index (χ2v) is 6.44. The van der Waals surface area contributed by atoms with Crippen LogP contribution in [0.15, 0.2) is 42.5 Å². The van der Waals surface area contributed by atoms with Crippen molar-refractivity contribution in [2.45, 2.75) is 12.8 Å². The predicted octanol–water partition coefficient (Wildman–Crippen LogP) is 3.11. The number of carbonyl (C=O) groups is 3. The SMILES string of the molecule is COC(=O)c1ccc(C(=O)Nc2cc(C(=O)OC)ccc2N2CCCC2)cc1. The fourth-order valence-electron chi connectivity index (χ4n) is 3.18. The van der Waals surface area contributed by atoms with Crippen LogP contribution in [0.1, 0.15) is 43.9 Å². The zero-order chi connectivity index (χ0) is 20.1. The van der Waals surface area contributed by atoms with Crippen LogP contribution in [-0.4, -0.2) is 45.2 Å². The molecule has 0 aliphatic carbocycles. The van der Waals surface area contributed by atoms with Crippen molar-refractivity contribution in [3.63, 3.8) is 0 Å². The Bertz CT molecular complexity index is 886. The summed E-state index contributed by atoms with van der Waals surface area (Å²) in [6, 6.07) is 11.3. The summed E-state index contributed by atoms with van der Waals surface area (Å²) in [7, 11) is 2.62. The Balaban J connectivity index is 1.87. The Hall–Kier alpha value is -3.35. The first-order chi connectivity index (χ1) is 13.5. The fraction of sp³-hybridized carbons (Fsp3) is 0.286. The van der Waals surface area contributed by atoms with Crippen LogP contribution in [0.4, 0.5) is 11.4 Å². The summed E-state index contributed by atoms with van der Waals surface area (Å²) in [6.07, 6.45) is 2.17. The first-order valence-electron chi connectivity index (χ1n) is 9.00. The first kappa shape index (κ1) is 19.4. The number of hydrogen-bond donors (Lipinski definition) is 1. The molecule has 1 amide bonds. The molecule has 1 aliphatic rings. The molecule has 1 saturated heterocycles. The molecule has 7 nitrogen and oxygen atoms in total. The molecule has 7 heteroatoms.